The smallest absolute Gasteiger partial charge is 0.329 e. The number of carbonyl (C=O) groups is 2. The van der Waals surface area contributed by atoms with Crippen LogP contribution < -0.4 is 5.32 Å². The second-order valence-electron chi connectivity index (χ2n) is 3.94. The van der Waals surface area contributed by atoms with Crippen molar-refractivity contribution in [2.24, 2.45) is 5.92 Å². The van der Waals surface area contributed by atoms with Crippen LogP contribution in [0, 0.1) is 17.2 Å². The van der Waals surface area contributed by atoms with Crippen LogP contribution in [0.4, 0.5) is 0 Å². The van der Waals surface area contributed by atoms with E-state index in [1.807, 2.05) is 0 Å². The Morgan fingerprint density at radius 3 is 2.78 bits per heavy atom. The average molecular weight is 266 g/mol. The molecule has 5 nitrogen and oxygen atoms in total. The molecule has 1 atom stereocenters. The first-order valence-electron chi connectivity index (χ1n) is 5.44. The zero-order valence-corrected chi connectivity index (χ0v) is 11.0. The number of nitriles is 1. The highest BCUT2D eigenvalue weighted by Crippen LogP contribution is 2.10. The van der Waals surface area contributed by atoms with Gasteiger partial charge < -0.3 is 10.1 Å². The summed E-state index contributed by atoms with van der Waals surface area (Å²) < 4.78 is 4.72. The van der Waals surface area contributed by atoms with E-state index < -0.39 is 12.0 Å². The quantitative estimate of drug-likeness (QED) is 0.820. The second kappa shape index (κ2) is 6.77. The molecule has 0 saturated carbocycles. The maximum absolute atomic E-state index is 11.8. The first-order chi connectivity index (χ1) is 8.56. The first-order valence-corrected chi connectivity index (χ1v) is 6.32. The van der Waals surface area contributed by atoms with E-state index in [1.54, 1.807) is 37.4 Å². The third-order valence-electron chi connectivity index (χ3n) is 2.23. The van der Waals surface area contributed by atoms with Gasteiger partial charge in [-0.15, -0.1) is 11.3 Å². The minimum atomic E-state index is -0.743. The largest absolute Gasteiger partial charge is 0.449 e. The number of hydrogen-bond acceptors (Lipinski definition) is 5. The van der Waals surface area contributed by atoms with Gasteiger partial charge in [0.1, 0.15) is 12.1 Å². The first kappa shape index (κ1) is 14.2. The second-order valence-corrected chi connectivity index (χ2v) is 4.89. The summed E-state index contributed by atoms with van der Waals surface area (Å²) >= 11 is 1.30. The molecule has 0 bridgehead atoms. The normalized spacial score (nSPS) is 11.7. The van der Waals surface area contributed by atoms with E-state index in [4.69, 9.17) is 10.00 Å². The monoisotopic (exact) mass is 266 g/mol. The number of carbonyl (C=O) groups excluding carboxylic acids is 2. The fourth-order valence-electron chi connectivity index (χ4n) is 1.31. The molecule has 0 radical (unpaired) electrons. The zero-order valence-electron chi connectivity index (χ0n) is 10.2. The minimum Gasteiger partial charge on any atom is -0.449 e. The van der Waals surface area contributed by atoms with Crippen molar-refractivity contribution in [1.29, 1.82) is 5.26 Å². The average Bonchev–Trinajstić information content (AvgIpc) is 2.86. The van der Waals surface area contributed by atoms with E-state index in [9.17, 15) is 9.59 Å². The van der Waals surface area contributed by atoms with Crippen LogP contribution in [0.3, 0.4) is 0 Å². The molecular formula is C12H14N2O3S. The predicted molar refractivity (Wildman–Crippen MR) is 67.0 cm³/mol. The number of hydrogen-bond donors (Lipinski definition) is 1. The fourth-order valence-corrected chi connectivity index (χ4v) is 1.94. The van der Waals surface area contributed by atoms with Gasteiger partial charge in [0.15, 0.2) is 6.61 Å². The molecule has 0 aliphatic carbocycles. The molecular weight excluding hydrogens is 252 g/mol. The van der Waals surface area contributed by atoms with Gasteiger partial charge in [-0.2, -0.15) is 5.26 Å². The maximum Gasteiger partial charge on any atom is 0.329 e. The Morgan fingerprint density at radius 1 is 1.56 bits per heavy atom. The summed E-state index contributed by atoms with van der Waals surface area (Å²) in [5, 5.41) is 12.8. The summed E-state index contributed by atoms with van der Waals surface area (Å²) in [5.74, 6) is -1.01. The molecule has 1 unspecified atom stereocenters. The van der Waals surface area contributed by atoms with E-state index in [0.29, 0.717) is 4.88 Å². The van der Waals surface area contributed by atoms with Crippen LogP contribution in [-0.2, 0) is 9.53 Å². The van der Waals surface area contributed by atoms with Crippen molar-refractivity contribution in [3.8, 4) is 6.07 Å². The van der Waals surface area contributed by atoms with Crippen molar-refractivity contribution < 1.29 is 14.3 Å². The van der Waals surface area contributed by atoms with Crippen molar-refractivity contribution in [1.82, 2.24) is 5.32 Å². The molecule has 1 aromatic rings. The highest BCUT2D eigenvalue weighted by atomic mass is 32.1. The van der Waals surface area contributed by atoms with Gasteiger partial charge in [-0.05, 0) is 17.4 Å². The van der Waals surface area contributed by atoms with E-state index in [2.05, 4.69) is 5.32 Å². The van der Waals surface area contributed by atoms with Crippen LogP contribution in [-0.4, -0.2) is 24.5 Å². The molecule has 0 aliphatic heterocycles. The maximum atomic E-state index is 11.8. The molecule has 0 aliphatic rings. The molecule has 1 amide bonds. The Balaban J connectivity index is 2.66. The Hall–Kier alpha value is -1.87. The van der Waals surface area contributed by atoms with Crippen LogP contribution in [0.5, 0.6) is 0 Å². The van der Waals surface area contributed by atoms with Crippen LogP contribution in [0.1, 0.15) is 23.5 Å². The molecule has 0 spiro atoms. The third-order valence-corrected chi connectivity index (χ3v) is 3.10. The van der Waals surface area contributed by atoms with Gasteiger partial charge in [-0.25, -0.2) is 4.79 Å². The third kappa shape index (κ3) is 3.86. The molecule has 1 heterocycles. The van der Waals surface area contributed by atoms with Crippen LogP contribution >= 0.6 is 11.3 Å². The van der Waals surface area contributed by atoms with Crippen LogP contribution in [0.25, 0.3) is 0 Å². The highest BCUT2D eigenvalue weighted by Gasteiger charge is 2.26. The Morgan fingerprint density at radius 2 is 2.28 bits per heavy atom. The van der Waals surface area contributed by atoms with Gasteiger partial charge in [0.05, 0.1) is 4.88 Å². The van der Waals surface area contributed by atoms with Crippen molar-refractivity contribution in [2.45, 2.75) is 19.9 Å². The van der Waals surface area contributed by atoms with Gasteiger partial charge in [-0.3, -0.25) is 4.79 Å². The van der Waals surface area contributed by atoms with E-state index in [1.165, 1.54) is 11.3 Å². The van der Waals surface area contributed by atoms with Crippen molar-refractivity contribution in [2.75, 3.05) is 6.61 Å². The number of nitrogens with one attached hydrogen (secondary N) is 1. The number of nitrogens with zero attached hydrogens (tertiary/aromatic N) is 1. The summed E-state index contributed by atoms with van der Waals surface area (Å²) in [6.07, 6.45) is 0. The number of amides is 1. The summed E-state index contributed by atoms with van der Waals surface area (Å²) in [4.78, 5) is 24.0. The van der Waals surface area contributed by atoms with Gasteiger partial charge in [0.25, 0.3) is 5.91 Å². The van der Waals surface area contributed by atoms with Gasteiger partial charge >= 0.3 is 5.97 Å². The molecule has 1 rings (SSSR count). The van der Waals surface area contributed by atoms with E-state index >= 15 is 0 Å². The molecule has 6 heteroatoms. The molecule has 0 fully saturated rings. The number of thiophene rings is 1. The number of ether oxygens (including phenoxy) is 1. The lowest BCUT2D eigenvalue weighted by molar-refractivity contribution is -0.145. The standard InChI is InChI=1S/C12H14N2O3S/c1-8(2)10(12(16)17-6-5-13)14-11(15)9-4-3-7-18-9/h3-4,7-8,10H,6H2,1-2H3,(H,14,15). The molecule has 96 valence electrons. The Kier molecular flexibility index (Phi) is 5.33. The van der Waals surface area contributed by atoms with Crippen molar-refractivity contribution >= 4 is 23.2 Å². The van der Waals surface area contributed by atoms with E-state index in [-0.39, 0.29) is 18.4 Å². The molecule has 0 saturated heterocycles. The summed E-state index contributed by atoms with van der Waals surface area (Å²) in [7, 11) is 0. The topological polar surface area (TPSA) is 79.2 Å². The van der Waals surface area contributed by atoms with Crippen LogP contribution in [0.2, 0.25) is 0 Å². The fraction of sp³-hybridized carbons (Fsp3) is 0.417. The van der Waals surface area contributed by atoms with Crippen molar-refractivity contribution in [3.05, 3.63) is 22.4 Å². The predicted octanol–water partition coefficient (Wildman–Crippen LogP) is 1.57. The molecule has 0 aromatic carbocycles. The molecule has 1 N–H and O–H groups in total. The van der Waals surface area contributed by atoms with Gasteiger partial charge in [0, 0.05) is 0 Å². The SMILES string of the molecule is CC(C)C(NC(=O)c1cccs1)C(=O)OCC#N. The lowest BCUT2D eigenvalue weighted by Gasteiger charge is -2.19. The number of rotatable bonds is 5. The van der Waals surface area contributed by atoms with Crippen molar-refractivity contribution in [3.63, 3.8) is 0 Å². The lowest BCUT2D eigenvalue weighted by atomic mass is 10.0. The molecule has 1 aromatic heterocycles. The Labute approximate surface area is 109 Å². The lowest BCUT2D eigenvalue weighted by Crippen LogP contribution is -2.45. The summed E-state index contributed by atoms with van der Waals surface area (Å²) in [6.45, 7) is 3.29. The van der Waals surface area contributed by atoms with Gasteiger partial charge in [0.2, 0.25) is 0 Å². The van der Waals surface area contributed by atoms with Crippen LogP contribution in [0.15, 0.2) is 17.5 Å². The molecule has 18 heavy (non-hydrogen) atoms. The number of esters is 1. The Bertz CT molecular complexity index is 448. The minimum absolute atomic E-state index is 0.111. The summed E-state index contributed by atoms with van der Waals surface area (Å²) in [5.41, 5.74) is 0. The summed E-state index contributed by atoms with van der Waals surface area (Å²) in [6, 6.07) is 4.42. The van der Waals surface area contributed by atoms with E-state index in [0.717, 1.165) is 0 Å². The zero-order chi connectivity index (χ0) is 13.5. The van der Waals surface area contributed by atoms with Gasteiger partial charge in [-0.1, -0.05) is 19.9 Å². The highest BCUT2D eigenvalue weighted by molar-refractivity contribution is 7.12.